The van der Waals surface area contributed by atoms with Crippen molar-refractivity contribution in [3.8, 4) is 0 Å². The fraction of sp³-hybridized carbons (Fsp3) is 0.714. The van der Waals surface area contributed by atoms with Gasteiger partial charge in [-0.2, -0.15) is 4.31 Å². The number of nitrogens with zero attached hydrogens (tertiary/aromatic N) is 3. The molecule has 122 valence electrons. The number of aryl methyl sites for hydroxylation is 1. The van der Waals surface area contributed by atoms with E-state index in [4.69, 9.17) is 0 Å². The highest BCUT2D eigenvalue weighted by Crippen LogP contribution is 2.21. The Balaban J connectivity index is 1.66. The zero-order valence-corrected chi connectivity index (χ0v) is 13.6. The number of sulfonamides is 1. The average molecular weight is 326 g/mol. The van der Waals surface area contributed by atoms with Gasteiger partial charge in [-0.25, -0.2) is 13.4 Å². The molecule has 7 nitrogen and oxygen atoms in total. The number of carbonyl (C=O) groups is 1. The van der Waals surface area contributed by atoms with Crippen LogP contribution in [-0.2, 0) is 27.8 Å². The molecule has 8 heteroatoms. The Bertz CT molecular complexity index is 655. The smallest absolute Gasteiger partial charge is 0.238 e. The monoisotopic (exact) mass is 326 g/mol. The second-order valence-corrected chi connectivity index (χ2v) is 8.06. The van der Waals surface area contributed by atoms with E-state index in [2.05, 4.69) is 10.3 Å². The van der Waals surface area contributed by atoms with Gasteiger partial charge in [-0.05, 0) is 19.3 Å². The lowest BCUT2D eigenvalue weighted by Gasteiger charge is -2.34. The van der Waals surface area contributed by atoms with Gasteiger partial charge in [0.2, 0.25) is 15.9 Å². The maximum absolute atomic E-state index is 12.5. The summed E-state index contributed by atoms with van der Waals surface area (Å²) in [4.78, 5) is 16.8. The van der Waals surface area contributed by atoms with Crippen molar-refractivity contribution in [2.45, 2.75) is 50.7 Å². The molecule has 22 heavy (non-hydrogen) atoms. The number of hydrogen-bond acceptors (Lipinski definition) is 4. The van der Waals surface area contributed by atoms with Crippen molar-refractivity contribution in [3.63, 3.8) is 0 Å². The van der Waals surface area contributed by atoms with Gasteiger partial charge in [0.05, 0.1) is 6.26 Å². The van der Waals surface area contributed by atoms with Crippen LogP contribution in [0.1, 0.15) is 31.5 Å². The van der Waals surface area contributed by atoms with Crippen LogP contribution >= 0.6 is 0 Å². The Morgan fingerprint density at radius 1 is 1.36 bits per heavy atom. The number of amides is 1. The van der Waals surface area contributed by atoms with Crippen LogP contribution in [0.2, 0.25) is 0 Å². The highest BCUT2D eigenvalue weighted by atomic mass is 32.2. The molecule has 0 aromatic carbocycles. The van der Waals surface area contributed by atoms with Crippen molar-refractivity contribution < 1.29 is 13.2 Å². The minimum atomic E-state index is -3.34. The summed E-state index contributed by atoms with van der Waals surface area (Å²) in [5.41, 5.74) is 0. The van der Waals surface area contributed by atoms with E-state index in [1.54, 1.807) is 6.20 Å². The molecule has 2 aliphatic rings. The van der Waals surface area contributed by atoms with Crippen LogP contribution in [0.25, 0.3) is 0 Å². The fourth-order valence-electron chi connectivity index (χ4n) is 3.35. The van der Waals surface area contributed by atoms with Gasteiger partial charge < -0.3 is 9.88 Å². The van der Waals surface area contributed by atoms with Gasteiger partial charge in [0, 0.05) is 37.9 Å². The van der Waals surface area contributed by atoms with E-state index >= 15 is 0 Å². The first-order valence-electron chi connectivity index (χ1n) is 7.72. The van der Waals surface area contributed by atoms with E-state index in [0.29, 0.717) is 19.5 Å². The van der Waals surface area contributed by atoms with E-state index in [-0.39, 0.29) is 11.9 Å². The van der Waals surface area contributed by atoms with E-state index in [0.717, 1.165) is 31.5 Å². The molecule has 0 unspecified atom stereocenters. The SMILES string of the molecule is CS(=O)(=O)N1CCCC[C@@H]1C(=O)N[C@H]1CCc2nccn2C1. The van der Waals surface area contributed by atoms with Crippen LogP contribution < -0.4 is 5.32 Å². The van der Waals surface area contributed by atoms with Crippen LogP contribution in [0.5, 0.6) is 0 Å². The standard InChI is InChI=1S/C14H22N4O3S/c1-22(20,21)18-8-3-2-4-12(18)14(19)16-11-5-6-13-15-7-9-17(13)10-11/h7,9,11-12H,2-6,8,10H2,1H3,(H,16,19)/t11-,12+/m0/s1. The predicted octanol–water partition coefficient (Wildman–Crippen LogP) is 0.128. The molecule has 0 bridgehead atoms. The van der Waals surface area contributed by atoms with Crippen molar-refractivity contribution in [3.05, 3.63) is 18.2 Å². The Morgan fingerprint density at radius 3 is 2.95 bits per heavy atom. The first-order chi connectivity index (χ1) is 10.4. The predicted molar refractivity (Wildman–Crippen MR) is 81.7 cm³/mol. The second-order valence-electron chi connectivity index (χ2n) is 6.13. The third-order valence-electron chi connectivity index (χ3n) is 4.46. The van der Waals surface area contributed by atoms with Gasteiger partial charge >= 0.3 is 0 Å². The molecule has 1 saturated heterocycles. The van der Waals surface area contributed by atoms with Gasteiger partial charge in [0.15, 0.2) is 0 Å². The fourth-order valence-corrected chi connectivity index (χ4v) is 4.47. The number of hydrogen-bond donors (Lipinski definition) is 1. The molecule has 1 aromatic rings. The Labute approximate surface area is 130 Å². The molecule has 1 amide bonds. The van der Waals surface area contributed by atoms with Crippen molar-refractivity contribution >= 4 is 15.9 Å². The van der Waals surface area contributed by atoms with Crippen molar-refractivity contribution in [2.75, 3.05) is 12.8 Å². The normalized spacial score (nSPS) is 26.4. The molecular formula is C14H22N4O3S. The molecule has 3 heterocycles. The number of fused-ring (bicyclic) bond motifs is 1. The highest BCUT2D eigenvalue weighted by Gasteiger charge is 2.35. The molecule has 2 aliphatic heterocycles. The molecule has 0 radical (unpaired) electrons. The number of carbonyl (C=O) groups excluding carboxylic acids is 1. The van der Waals surface area contributed by atoms with Crippen LogP contribution in [0, 0.1) is 0 Å². The number of nitrogens with one attached hydrogen (secondary N) is 1. The van der Waals surface area contributed by atoms with Gasteiger partial charge in [0.25, 0.3) is 0 Å². The number of piperidine rings is 1. The van der Waals surface area contributed by atoms with E-state index in [1.165, 1.54) is 10.6 Å². The van der Waals surface area contributed by atoms with Crippen LogP contribution in [0.3, 0.4) is 0 Å². The maximum atomic E-state index is 12.5. The maximum Gasteiger partial charge on any atom is 0.238 e. The topological polar surface area (TPSA) is 84.3 Å². The Morgan fingerprint density at radius 2 is 2.18 bits per heavy atom. The summed E-state index contributed by atoms with van der Waals surface area (Å²) >= 11 is 0. The summed E-state index contributed by atoms with van der Waals surface area (Å²) in [6.07, 6.45) is 8.84. The summed E-state index contributed by atoms with van der Waals surface area (Å²) in [6.45, 7) is 1.14. The van der Waals surface area contributed by atoms with Crippen LogP contribution in [-0.4, -0.2) is 53.1 Å². The quantitative estimate of drug-likeness (QED) is 0.855. The van der Waals surface area contributed by atoms with Gasteiger partial charge in [-0.1, -0.05) is 6.42 Å². The molecule has 3 rings (SSSR count). The van der Waals surface area contributed by atoms with E-state index < -0.39 is 16.1 Å². The van der Waals surface area contributed by atoms with Crippen molar-refractivity contribution in [1.82, 2.24) is 19.2 Å². The van der Waals surface area contributed by atoms with Gasteiger partial charge in [0.1, 0.15) is 11.9 Å². The van der Waals surface area contributed by atoms with Gasteiger partial charge in [-0.3, -0.25) is 4.79 Å². The molecule has 0 aliphatic carbocycles. The lowest BCUT2D eigenvalue weighted by molar-refractivity contribution is -0.126. The van der Waals surface area contributed by atoms with Gasteiger partial charge in [-0.15, -0.1) is 0 Å². The third kappa shape index (κ3) is 3.17. The molecule has 0 spiro atoms. The van der Waals surface area contributed by atoms with Crippen molar-refractivity contribution in [2.24, 2.45) is 0 Å². The molecule has 1 aromatic heterocycles. The van der Waals surface area contributed by atoms with Crippen LogP contribution in [0.15, 0.2) is 12.4 Å². The molecule has 2 atom stereocenters. The summed E-state index contributed by atoms with van der Waals surface area (Å²) < 4.78 is 27.1. The zero-order valence-electron chi connectivity index (χ0n) is 12.7. The molecule has 1 N–H and O–H groups in total. The minimum absolute atomic E-state index is 0.0394. The minimum Gasteiger partial charge on any atom is -0.350 e. The largest absolute Gasteiger partial charge is 0.350 e. The van der Waals surface area contributed by atoms with Crippen LogP contribution in [0.4, 0.5) is 0 Å². The third-order valence-corrected chi connectivity index (χ3v) is 5.75. The molecular weight excluding hydrogens is 304 g/mol. The number of aromatic nitrogens is 2. The summed E-state index contributed by atoms with van der Waals surface area (Å²) in [7, 11) is -3.34. The summed E-state index contributed by atoms with van der Waals surface area (Å²) in [6, 6.07) is -0.523. The highest BCUT2D eigenvalue weighted by molar-refractivity contribution is 7.88. The Hall–Kier alpha value is -1.41. The second kappa shape index (κ2) is 6.00. The average Bonchev–Trinajstić information content (AvgIpc) is 2.94. The summed E-state index contributed by atoms with van der Waals surface area (Å²) in [5.74, 6) is 0.875. The van der Waals surface area contributed by atoms with E-state index in [1.807, 2.05) is 10.8 Å². The lowest BCUT2D eigenvalue weighted by Crippen LogP contribution is -2.54. The summed E-state index contributed by atoms with van der Waals surface area (Å²) in [5, 5.41) is 3.03. The first kappa shape index (κ1) is 15.5. The first-order valence-corrected chi connectivity index (χ1v) is 9.57. The Kier molecular flexibility index (Phi) is 4.22. The lowest BCUT2D eigenvalue weighted by atomic mass is 10.0. The number of rotatable bonds is 3. The number of imidazole rings is 1. The molecule has 0 saturated carbocycles. The van der Waals surface area contributed by atoms with E-state index in [9.17, 15) is 13.2 Å². The molecule has 1 fully saturated rings. The zero-order chi connectivity index (χ0) is 15.7. The van der Waals surface area contributed by atoms with Crippen molar-refractivity contribution in [1.29, 1.82) is 0 Å².